The fraction of sp³-hybridized carbons (Fsp3) is 0.538. The van der Waals surface area contributed by atoms with Gasteiger partial charge in [0.25, 0.3) is 0 Å². The molecule has 0 aromatic heterocycles. The molecule has 0 fully saturated rings. The van der Waals surface area contributed by atoms with Crippen LogP contribution in [0.4, 0.5) is 5.69 Å². The number of nitrogens with one attached hydrogen (secondary N) is 1. The first-order chi connectivity index (χ1) is 9.27. The number of sulfonamides is 1. The van der Waals surface area contributed by atoms with Crippen molar-refractivity contribution in [2.45, 2.75) is 31.2 Å². The molecular formula is C13H22BrN3O2S. The summed E-state index contributed by atoms with van der Waals surface area (Å²) in [7, 11) is -1.58. The van der Waals surface area contributed by atoms with Crippen molar-refractivity contribution < 1.29 is 8.42 Å². The zero-order valence-electron chi connectivity index (χ0n) is 12.1. The molecule has 0 heterocycles. The van der Waals surface area contributed by atoms with Crippen molar-refractivity contribution in [1.82, 2.24) is 9.62 Å². The van der Waals surface area contributed by atoms with Crippen LogP contribution in [0.25, 0.3) is 0 Å². The Labute approximate surface area is 129 Å². The first kappa shape index (κ1) is 17.4. The molecule has 1 aromatic rings. The fourth-order valence-corrected chi connectivity index (χ4v) is 3.24. The summed E-state index contributed by atoms with van der Waals surface area (Å²) in [5, 5.41) is 0. The van der Waals surface area contributed by atoms with Crippen LogP contribution in [0.5, 0.6) is 0 Å². The third-order valence-corrected chi connectivity index (χ3v) is 5.39. The quantitative estimate of drug-likeness (QED) is 0.726. The van der Waals surface area contributed by atoms with Crippen molar-refractivity contribution >= 4 is 31.6 Å². The predicted octanol–water partition coefficient (Wildman–Crippen LogP) is 2.04. The SMILES string of the molecule is CCC(C)N(C)CCNS(=O)(=O)c1ccc(Br)cc1N. The molecule has 0 aliphatic carbocycles. The number of nitrogen functional groups attached to an aromatic ring is 1. The van der Waals surface area contributed by atoms with Gasteiger partial charge in [-0.2, -0.15) is 0 Å². The molecule has 0 bridgehead atoms. The molecule has 1 atom stereocenters. The maximum absolute atomic E-state index is 12.2. The standard InChI is InChI=1S/C13H22BrN3O2S/c1-4-10(2)17(3)8-7-16-20(18,19)13-6-5-11(14)9-12(13)15/h5-6,9-10,16H,4,7-8,15H2,1-3H3. The van der Waals surface area contributed by atoms with E-state index in [-0.39, 0.29) is 10.6 Å². The van der Waals surface area contributed by atoms with Crippen LogP contribution < -0.4 is 10.5 Å². The average molecular weight is 364 g/mol. The lowest BCUT2D eigenvalue weighted by Gasteiger charge is -2.23. The number of nitrogens with zero attached hydrogens (tertiary/aromatic N) is 1. The predicted molar refractivity (Wildman–Crippen MR) is 86.1 cm³/mol. The summed E-state index contributed by atoms with van der Waals surface area (Å²) in [6, 6.07) is 5.17. The molecule has 0 saturated carbocycles. The lowest BCUT2D eigenvalue weighted by molar-refractivity contribution is 0.256. The van der Waals surface area contributed by atoms with Gasteiger partial charge in [-0.05, 0) is 38.6 Å². The van der Waals surface area contributed by atoms with Crippen molar-refractivity contribution in [2.75, 3.05) is 25.9 Å². The summed E-state index contributed by atoms with van der Waals surface area (Å²) in [4.78, 5) is 2.24. The first-order valence-corrected chi connectivity index (χ1v) is 8.80. The molecule has 0 saturated heterocycles. The molecule has 20 heavy (non-hydrogen) atoms. The summed E-state index contributed by atoms with van der Waals surface area (Å²) in [5.74, 6) is 0. The third kappa shape index (κ3) is 4.73. The van der Waals surface area contributed by atoms with E-state index >= 15 is 0 Å². The van der Waals surface area contributed by atoms with Crippen molar-refractivity contribution in [3.63, 3.8) is 0 Å². The van der Waals surface area contributed by atoms with Gasteiger partial charge in [-0.3, -0.25) is 0 Å². The summed E-state index contributed by atoms with van der Waals surface area (Å²) in [6.45, 7) is 5.23. The zero-order valence-corrected chi connectivity index (χ0v) is 14.5. The van der Waals surface area contributed by atoms with Crippen LogP contribution in [-0.2, 0) is 10.0 Å². The lowest BCUT2D eigenvalue weighted by atomic mass is 10.2. The molecule has 0 aliphatic rings. The van der Waals surface area contributed by atoms with Crippen LogP contribution in [0.15, 0.2) is 27.6 Å². The van der Waals surface area contributed by atoms with Crippen LogP contribution in [-0.4, -0.2) is 39.5 Å². The van der Waals surface area contributed by atoms with Gasteiger partial charge in [-0.25, -0.2) is 13.1 Å². The maximum Gasteiger partial charge on any atom is 0.242 e. The maximum atomic E-state index is 12.2. The molecule has 1 rings (SSSR count). The number of hydrogen-bond donors (Lipinski definition) is 2. The third-order valence-electron chi connectivity index (χ3n) is 3.36. The lowest BCUT2D eigenvalue weighted by Crippen LogP contribution is -2.37. The Morgan fingerprint density at radius 1 is 1.45 bits per heavy atom. The van der Waals surface area contributed by atoms with Crippen LogP contribution in [0.1, 0.15) is 20.3 Å². The minimum Gasteiger partial charge on any atom is -0.398 e. The largest absolute Gasteiger partial charge is 0.398 e. The Morgan fingerprint density at radius 3 is 2.65 bits per heavy atom. The Kier molecular flexibility index (Phi) is 6.44. The van der Waals surface area contributed by atoms with Gasteiger partial charge in [-0.1, -0.05) is 22.9 Å². The highest BCUT2D eigenvalue weighted by atomic mass is 79.9. The van der Waals surface area contributed by atoms with E-state index in [1.807, 2.05) is 7.05 Å². The summed E-state index contributed by atoms with van der Waals surface area (Å²) in [6.07, 6.45) is 1.03. The minimum absolute atomic E-state index is 0.117. The number of nitrogens with two attached hydrogens (primary N) is 1. The molecule has 3 N–H and O–H groups in total. The van der Waals surface area contributed by atoms with E-state index in [2.05, 4.69) is 39.4 Å². The van der Waals surface area contributed by atoms with Gasteiger partial charge in [0.05, 0.1) is 5.69 Å². The summed E-state index contributed by atoms with van der Waals surface area (Å²) < 4.78 is 27.7. The molecule has 5 nitrogen and oxygen atoms in total. The number of anilines is 1. The molecule has 1 aromatic carbocycles. The Morgan fingerprint density at radius 2 is 2.10 bits per heavy atom. The first-order valence-electron chi connectivity index (χ1n) is 6.53. The van der Waals surface area contributed by atoms with E-state index in [1.165, 1.54) is 6.07 Å². The number of likely N-dealkylation sites (N-methyl/N-ethyl adjacent to an activating group) is 1. The highest BCUT2D eigenvalue weighted by molar-refractivity contribution is 9.10. The van der Waals surface area contributed by atoms with E-state index in [9.17, 15) is 8.42 Å². The topological polar surface area (TPSA) is 75.4 Å². The van der Waals surface area contributed by atoms with Gasteiger partial charge >= 0.3 is 0 Å². The Bertz CT molecular complexity index is 549. The second-order valence-electron chi connectivity index (χ2n) is 4.82. The Balaban J connectivity index is 2.67. The van der Waals surface area contributed by atoms with Crippen LogP contribution >= 0.6 is 15.9 Å². The highest BCUT2D eigenvalue weighted by Gasteiger charge is 2.17. The van der Waals surface area contributed by atoms with Crippen molar-refractivity contribution in [3.05, 3.63) is 22.7 Å². The van der Waals surface area contributed by atoms with E-state index in [1.54, 1.807) is 12.1 Å². The molecule has 114 valence electrons. The Hall–Kier alpha value is -0.630. The van der Waals surface area contributed by atoms with Crippen molar-refractivity contribution in [1.29, 1.82) is 0 Å². The molecule has 0 amide bonds. The monoisotopic (exact) mass is 363 g/mol. The molecule has 0 aliphatic heterocycles. The normalized spacial score (nSPS) is 13.7. The summed E-state index contributed by atoms with van der Waals surface area (Å²) in [5.41, 5.74) is 5.99. The van der Waals surface area contributed by atoms with Crippen molar-refractivity contribution in [2.24, 2.45) is 0 Å². The minimum atomic E-state index is -3.56. The number of rotatable bonds is 7. The molecule has 0 spiro atoms. The van der Waals surface area contributed by atoms with Crippen LogP contribution in [0.3, 0.4) is 0 Å². The zero-order chi connectivity index (χ0) is 15.3. The van der Waals surface area contributed by atoms with Gasteiger partial charge in [-0.15, -0.1) is 0 Å². The van der Waals surface area contributed by atoms with Gasteiger partial charge < -0.3 is 10.6 Å². The van der Waals surface area contributed by atoms with Gasteiger partial charge in [0.2, 0.25) is 10.0 Å². The molecule has 7 heteroatoms. The van der Waals surface area contributed by atoms with Crippen LogP contribution in [0, 0.1) is 0 Å². The van der Waals surface area contributed by atoms with Crippen molar-refractivity contribution in [3.8, 4) is 0 Å². The highest BCUT2D eigenvalue weighted by Crippen LogP contribution is 2.22. The average Bonchev–Trinajstić information content (AvgIpc) is 2.36. The number of halogens is 1. The van der Waals surface area contributed by atoms with Gasteiger partial charge in [0, 0.05) is 23.6 Å². The second-order valence-corrected chi connectivity index (χ2v) is 7.47. The molecule has 1 unspecified atom stereocenters. The van der Waals surface area contributed by atoms with Crippen LogP contribution in [0.2, 0.25) is 0 Å². The van der Waals surface area contributed by atoms with Gasteiger partial charge in [0.15, 0.2) is 0 Å². The molecular weight excluding hydrogens is 342 g/mol. The smallest absolute Gasteiger partial charge is 0.242 e. The van der Waals surface area contributed by atoms with E-state index in [0.29, 0.717) is 19.1 Å². The van der Waals surface area contributed by atoms with E-state index < -0.39 is 10.0 Å². The van der Waals surface area contributed by atoms with E-state index in [4.69, 9.17) is 5.73 Å². The second kappa shape index (κ2) is 7.40. The fourth-order valence-electron chi connectivity index (χ4n) is 1.73. The number of hydrogen-bond acceptors (Lipinski definition) is 4. The number of benzene rings is 1. The van der Waals surface area contributed by atoms with Gasteiger partial charge in [0.1, 0.15) is 4.90 Å². The van der Waals surface area contributed by atoms with E-state index in [0.717, 1.165) is 10.9 Å². The molecule has 0 radical (unpaired) electrons. The summed E-state index contributed by atoms with van der Waals surface area (Å²) >= 11 is 3.26.